The van der Waals surface area contributed by atoms with E-state index < -0.39 is 0 Å². The van der Waals surface area contributed by atoms with Crippen LogP contribution in [-0.2, 0) is 11.2 Å². The Labute approximate surface area is 117 Å². The maximum Gasteiger partial charge on any atom is 0.106 e. The molecule has 0 aliphatic heterocycles. The molecule has 0 aromatic carbocycles. The number of imidazole rings is 1. The van der Waals surface area contributed by atoms with Crippen LogP contribution in [0.3, 0.4) is 0 Å². The van der Waals surface area contributed by atoms with E-state index in [1.165, 1.54) is 19.3 Å². The van der Waals surface area contributed by atoms with E-state index in [0.29, 0.717) is 6.10 Å². The predicted octanol–water partition coefficient (Wildman–Crippen LogP) is 2.92. The van der Waals surface area contributed by atoms with Gasteiger partial charge in [-0.05, 0) is 39.3 Å². The summed E-state index contributed by atoms with van der Waals surface area (Å²) in [7, 11) is 0. The van der Waals surface area contributed by atoms with Gasteiger partial charge in [0.15, 0.2) is 0 Å². The predicted molar refractivity (Wildman–Crippen MR) is 79.3 cm³/mol. The molecule has 4 nitrogen and oxygen atoms in total. The summed E-state index contributed by atoms with van der Waals surface area (Å²) in [6.07, 6.45) is 11.0. The second-order valence-electron chi connectivity index (χ2n) is 5.07. The third kappa shape index (κ3) is 8.78. The van der Waals surface area contributed by atoms with Crippen molar-refractivity contribution in [1.82, 2.24) is 15.3 Å². The van der Waals surface area contributed by atoms with Crippen molar-refractivity contribution in [3.05, 3.63) is 18.2 Å². The van der Waals surface area contributed by atoms with Gasteiger partial charge < -0.3 is 15.0 Å². The van der Waals surface area contributed by atoms with Crippen molar-refractivity contribution in [2.24, 2.45) is 0 Å². The molecule has 0 bridgehead atoms. The molecule has 110 valence electrons. The van der Waals surface area contributed by atoms with Crippen molar-refractivity contribution >= 4 is 0 Å². The van der Waals surface area contributed by atoms with Crippen LogP contribution >= 0.6 is 0 Å². The van der Waals surface area contributed by atoms with Gasteiger partial charge in [-0.2, -0.15) is 0 Å². The van der Waals surface area contributed by atoms with Crippen molar-refractivity contribution in [3.8, 4) is 0 Å². The summed E-state index contributed by atoms with van der Waals surface area (Å²) in [5.74, 6) is 1.08. The lowest BCUT2D eigenvalue weighted by molar-refractivity contribution is 0.0573. The minimum absolute atomic E-state index is 0.416. The molecule has 0 saturated heterocycles. The number of aromatic amines is 1. The quantitative estimate of drug-likeness (QED) is 0.572. The summed E-state index contributed by atoms with van der Waals surface area (Å²) < 4.78 is 5.75. The number of ether oxygens (including phenoxy) is 1. The fraction of sp³-hybridized carbons (Fsp3) is 0.800. The Morgan fingerprint density at radius 2 is 2.16 bits per heavy atom. The highest BCUT2D eigenvalue weighted by Gasteiger charge is 2.00. The molecule has 4 heteroatoms. The van der Waals surface area contributed by atoms with Crippen molar-refractivity contribution < 1.29 is 4.74 Å². The molecule has 1 heterocycles. The van der Waals surface area contributed by atoms with Crippen LogP contribution in [0.1, 0.15) is 51.8 Å². The van der Waals surface area contributed by atoms with Crippen LogP contribution in [-0.4, -0.2) is 35.8 Å². The SMILES string of the molecule is CCCCC(C)OCCCNCCCc1ncc[nH]1. The Hall–Kier alpha value is -0.870. The molecule has 1 rings (SSSR count). The lowest BCUT2D eigenvalue weighted by Gasteiger charge is -2.12. The van der Waals surface area contributed by atoms with Crippen LogP contribution in [0.25, 0.3) is 0 Å². The topological polar surface area (TPSA) is 49.9 Å². The highest BCUT2D eigenvalue weighted by atomic mass is 16.5. The third-order valence-corrected chi connectivity index (χ3v) is 3.19. The van der Waals surface area contributed by atoms with E-state index in [2.05, 4.69) is 29.1 Å². The molecule has 0 aliphatic carbocycles. The Morgan fingerprint density at radius 3 is 2.89 bits per heavy atom. The average molecular weight is 267 g/mol. The Morgan fingerprint density at radius 1 is 1.32 bits per heavy atom. The van der Waals surface area contributed by atoms with Gasteiger partial charge in [-0.15, -0.1) is 0 Å². The molecule has 2 N–H and O–H groups in total. The normalized spacial score (nSPS) is 12.7. The van der Waals surface area contributed by atoms with Crippen LogP contribution in [0.4, 0.5) is 0 Å². The minimum atomic E-state index is 0.416. The molecule has 0 aliphatic rings. The molecule has 1 aromatic rings. The van der Waals surface area contributed by atoms with Gasteiger partial charge in [-0.1, -0.05) is 19.8 Å². The maximum atomic E-state index is 5.75. The van der Waals surface area contributed by atoms with Crippen molar-refractivity contribution in [1.29, 1.82) is 0 Å². The van der Waals surface area contributed by atoms with E-state index in [1.54, 1.807) is 6.20 Å². The van der Waals surface area contributed by atoms with Crippen LogP contribution in [0.2, 0.25) is 0 Å². The number of hydrogen-bond donors (Lipinski definition) is 2. The van der Waals surface area contributed by atoms with Crippen molar-refractivity contribution in [3.63, 3.8) is 0 Å². The summed E-state index contributed by atoms with van der Waals surface area (Å²) in [5.41, 5.74) is 0. The Balaban J connectivity index is 1.81. The summed E-state index contributed by atoms with van der Waals surface area (Å²) in [6, 6.07) is 0. The fourth-order valence-corrected chi connectivity index (χ4v) is 2.00. The van der Waals surface area contributed by atoms with Gasteiger partial charge in [0.2, 0.25) is 0 Å². The second-order valence-corrected chi connectivity index (χ2v) is 5.07. The zero-order chi connectivity index (χ0) is 13.8. The highest BCUT2D eigenvalue weighted by Crippen LogP contribution is 2.03. The van der Waals surface area contributed by atoms with Gasteiger partial charge in [0.05, 0.1) is 6.10 Å². The molecular weight excluding hydrogens is 238 g/mol. The molecule has 0 spiro atoms. The third-order valence-electron chi connectivity index (χ3n) is 3.19. The summed E-state index contributed by atoms with van der Waals surface area (Å²) in [5, 5.41) is 3.44. The number of unbranched alkanes of at least 4 members (excludes halogenated alkanes) is 1. The van der Waals surface area contributed by atoms with E-state index in [1.807, 2.05) is 6.20 Å². The van der Waals surface area contributed by atoms with Gasteiger partial charge >= 0.3 is 0 Å². The first-order valence-electron chi connectivity index (χ1n) is 7.63. The minimum Gasteiger partial charge on any atom is -0.378 e. The monoisotopic (exact) mass is 267 g/mol. The van der Waals surface area contributed by atoms with E-state index in [9.17, 15) is 0 Å². The van der Waals surface area contributed by atoms with Crippen LogP contribution in [0.5, 0.6) is 0 Å². The first-order chi connectivity index (χ1) is 9.33. The summed E-state index contributed by atoms with van der Waals surface area (Å²) in [4.78, 5) is 7.32. The molecule has 0 fully saturated rings. The Bertz CT molecular complexity index is 288. The maximum absolute atomic E-state index is 5.75. The van der Waals surface area contributed by atoms with Crippen molar-refractivity contribution in [2.75, 3.05) is 19.7 Å². The number of rotatable bonds is 12. The number of H-pyrrole nitrogens is 1. The zero-order valence-electron chi connectivity index (χ0n) is 12.5. The van der Waals surface area contributed by atoms with Gasteiger partial charge in [0.25, 0.3) is 0 Å². The lowest BCUT2D eigenvalue weighted by atomic mass is 10.2. The molecule has 0 amide bonds. The van der Waals surface area contributed by atoms with E-state index in [4.69, 9.17) is 4.74 Å². The fourth-order valence-electron chi connectivity index (χ4n) is 2.00. The first-order valence-corrected chi connectivity index (χ1v) is 7.63. The summed E-state index contributed by atoms with van der Waals surface area (Å²) >= 11 is 0. The zero-order valence-corrected chi connectivity index (χ0v) is 12.5. The molecular formula is C15H29N3O. The number of nitrogens with zero attached hydrogens (tertiary/aromatic N) is 1. The standard InChI is InChI=1S/C15H29N3O/c1-3-4-7-14(2)19-13-6-10-16-9-5-8-15-17-11-12-18-15/h11-12,14,16H,3-10,13H2,1-2H3,(H,17,18). The van der Waals surface area contributed by atoms with E-state index in [-0.39, 0.29) is 0 Å². The molecule has 0 radical (unpaired) electrons. The smallest absolute Gasteiger partial charge is 0.106 e. The number of hydrogen-bond acceptors (Lipinski definition) is 3. The molecule has 0 saturated carbocycles. The first kappa shape index (κ1) is 16.2. The molecule has 1 atom stereocenters. The number of nitrogens with one attached hydrogen (secondary N) is 2. The van der Waals surface area contributed by atoms with E-state index >= 15 is 0 Å². The van der Waals surface area contributed by atoms with Gasteiger partial charge in [0, 0.05) is 25.4 Å². The second kappa shape index (κ2) is 11.0. The number of aromatic nitrogens is 2. The molecule has 19 heavy (non-hydrogen) atoms. The van der Waals surface area contributed by atoms with Crippen LogP contribution < -0.4 is 5.32 Å². The Kier molecular flexibility index (Phi) is 9.37. The van der Waals surface area contributed by atoms with Gasteiger partial charge in [0.1, 0.15) is 5.82 Å². The average Bonchev–Trinajstić information content (AvgIpc) is 2.92. The van der Waals surface area contributed by atoms with E-state index in [0.717, 1.165) is 44.8 Å². The summed E-state index contributed by atoms with van der Waals surface area (Å²) in [6.45, 7) is 7.35. The van der Waals surface area contributed by atoms with Crippen LogP contribution in [0.15, 0.2) is 12.4 Å². The van der Waals surface area contributed by atoms with Gasteiger partial charge in [-0.25, -0.2) is 4.98 Å². The lowest BCUT2D eigenvalue weighted by Crippen LogP contribution is -2.20. The molecule has 1 unspecified atom stereocenters. The number of aryl methyl sites for hydroxylation is 1. The molecule has 1 aromatic heterocycles. The van der Waals surface area contributed by atoms with Crippen LogP contribution in [0, 0.1) is 0 Å². The largest absolute Gasteiger partial charge is 0.378 e. The highest BCUT2D eigenvalue weighted by molar-refractivity contribution is 4.86. The van der Waals surface area contributed by atoms with Crippen molar-refractivity contribution in [2.45, 2.75) is 58.5 Å². The van der Waals surface area contributed by atoms with Gasteiger partial charge in [-0.3, -0.25) is 0 Å².